The number of nitrogens with two attached hydrogens (primary N) is 1. The second kappa shape index (κ2) is 8.27. The molecule has 1 saturated carbocycles. The van der Waals surface area contributed by atoms with Crippen molar-refractivity contribution in [1.82, 2.24) is 4.57 Å². The molecule has 166 valence electrons. The topological polar surface area (TPSA) is 107 Å². The second-order valence-electron chi connectivity index (χ2n) is 7.64. The summed E-state index contributed by atoms with van der Waals surface area (Å²) in [5, 5.41) is 9.36. The quantitative estimate of drug-likeness (QED) is 0.742. The first-order valence-corrected chi connectivity index (χ1v) is 9.95. The zero-order valence-corrected chi connectivity index (χ0v) is 17.0. The molecule has 2 aliphatic rings. The Kier molecular flexibility index (Phi) is 5.67. The van der Waals surface area contributed by atoms with E-state index in [4.69, 9.17) is 15.2 Å². The van der Waals surface area contributed by atoms with Gasteiger partial charge in [0.15, 0.2) is 11.6 Å². The van der Waals surface area contributed by atoms with Crippen LogP contribution in [0.2, 0.25) is 0 Å². The van der Waals surface area contributed by atoms with Crippen LogP contribution in [0.5, 0.6) is 5.75 Å². The number of pyridine rings is 1. The van der Waals surface area contributed by atoms with Gasteiger partial charge in [0.25, 0.3) is 0 Å². The molecule has 3 N–H and O–H groups in total. The summed E-state index contributed by atoms with van der Waals surface area (Å²) in [5.41, 5.74) is 4.92. The number of benzene rings is 1. The van der Waals surface area contributed by atoms with E-state index >= 15 is 4.39 Å². The minimum atomic E-state index is -1.37. The SMILES string of the molecule is COc1c(N2CCOCC(=C(F)CN)C2)c(F)cc2c(=O)c(C(=O)O)cn(C3CC3)c12. The van der Waals surface area contributed by atoms with Crippen molar-refractivity contribution in [2.24, 2.45) is 5.73 Å². The van der Waals surface area contributed by atoms with Crippen molar-refractivity contribution in [1.29, 1.82) is 0 Å². The highest BCUT2D eigenvalue weighted by Gasteiger charge is 2.32. The minimum absolute atomic E-state index is 0.00832. The fourth-order valence-electron chi connectivity index (χ4n) is 3.95. The third-order valence-corrected chi connectivity index (χ3v) is 5.62. The van der Waals surface area contributed by atoms with Crippen LogP contribution in [0, 0.1) is 5.82 Å². The van der Waals surface area contributed by atoms with Crippen LogP contribution in [0.25, 0.3) is 10.9 Å². The van der Waals surface area contributed by atoms with Gasteiger partial charge < -0.3 is 29.8 Å². The Hall–Kier alpha value is -2.98. The number of aromatic nitrogens is 1. The molecule has 0 spiro atoms. The van der Waals surface area contributed by atoms with Crippen LogP contribution in [-0.2, 0) is 4.74 Å². The molecule has 31 heavy (non-hydrogen) atoms. The lowest BCUT2D eigenvalue weighted by Gasteiger charge is -2.27. The highest BCUT2D eigenvalue weighted by molar-refractivity contribution is 5.97. The van der Waals surface area contributed by atoms with E-state index in [-0.39, 0.29) is 55.7 Å². The summed E-state index contributed by atoms with van der Waals surface area (Å²) in [6.07, 6.45) is 2.90. The number of carboxylic acid groups (broad SMARTS) is 1. The molecule has 8 nitrogen and oxygen atoms in total. The second-order valence-corrected chi connectivity index (χ2v) is 7.64. The van der Waals surface area contributed by atoms with Gasteiger partial charge in [-0.3, -0.25) is 4.79 Å². The largest absolute Gasteiger partial charge is 0.492 e. The predicted octanol–water partition coefficient (Wildman–Crippen LogP) is 2.20. The van der Waals surface area contributed by atoms with Crippen LogP contribution in [0.1, 0.15) is 29.2 Å². The van der Waals surface area contributed by atoms with Crippen LogP contribution in [0.15, 0.2) is 28.5 Å². The first-order valence-electron chi connectivity index (χ1n) is 9.95. The maximum atomic E-state index is 15.4. The third-order valence-electron chi connectivity index (χ3n) is 5.62. The zero-order valence-electron chi connectivity index (χ0n) is 17.0. The molecular weight excluding hydrogens is 412 g/mol. The van der Waals surface area contributed by atoms with E-state index < -0.39 is 28.6 Å². The van der Waals surface area contributed by atoms with Crippen molar-refractivity contribution < 1.29 is 28.2 Å². The Balaban J connectivity index is 1.98. The molecule has 0 atom stereocenters. The monoisotopic (exact) mass is 435 g/mol. The van der Waals surface area contributed by atoms with E-state index in [1.54, 1.807) is 9.47 Å². The average molecular weight is 435 g/mol. The molecule has 1 aliphatic heterocycles. The highest BCUT2D eigenvalue weighted by atomic mass is 19.1. The smallest absolute Gasteiger partial charge is 0.341 e. The van der Waals surface area contributed by atoms with Crippen LogP contribution in [0.3, 0.4) is 0 Å². The van der Waals surface area contributed by atoms with E-state index in [9.17, 15) is 19.1 Å². The Morgan fingerprint density at radius 2 is 2.16 bits per heavy atom. The molecule has 1 aliphatic carbocycles. The molecular formula is C21H23F2N3O5. The molecule has 0 bridgehead atoms. The summed E-state index contributed by atoms with van der Waals surface area (Å²) < 4.78 is 42.2. The molecule has 4 rings (SSSR count). The molecule has 2 heterocycles. The molecule has 2 aromatic rings. The van der Waals surface area contributed by atoms with Gasteiger partial charge in [-0.15, -0.1) is 0 Å². The average Bonchev–Trinajstić information content (AvgIpc) is 3.59. The van der Waals surface area contributed by atoms with Gasteiger partial charge in [0.1, 0.15) is 17.1 Å². The minimum Gasteiger partial charge on any atom is -0.492 e. The summed E-state index contributed by atoms with van der Waals surface area (Å²) in [6, 6.07) is 1.03. The van der Waals surface area contributed by atoms with Crippen LogP contribution in [-0.4, -0.2) is 55.6 Å². The summed E-state index contributed by atoms with van der Waals surface area (Å²) in [7, 11) is 1.36. The van der Waals surface area contributed by atoms with Gasteiger partial charge in [0.05, 0.1) is 31.2 Å². The number of hydrogen-bond acceptors (Lipinski definition) is 6. The maximum Gasteiger partial charge on any atom is 0.341 e. The Labute approximate surface area is 176 Å². The zero-order chi connectivity index (χ0) is 22.3. The Bertz CT molecular complexity index is 1140. The molecule has 2 fully saturated rings. The van der Waals surface area contributed by atoms with E-state index in [1.165, 1.54) is 13.3 Å². The number of rotatable bonds is 5. The molecule has 0 unspecified atom stereocenters. The maximum absolute atomic E-state index is 15.4. The lowest BCUT2D eigenvalue weighted by atomic mass is 10.1. The van der Waals surface area contributed by atoms with Crippen molar-refractivity contribution >= 4 is 22.6 Å². The number of nitrogens with zero attached hydrogens (tertiary/aromatic N) is 2. The number of ether oxygens (including phenoxy) is 2. The summed E-state index contributed by atoms with van der Waals surface area (Å²) in [6.45, 7) is 0.300. The van der Waals surface area contributed by atoms with Crippen LogP contribution >= 0.6 is 0 Å². The molecule has 1 aromatic carbocycles. The van der Waals surface area contributed by atoms with Crippen molar-refractivity contribution in [3.8, 4) is 5.75 Å². The van der Waals surface area contributed by atoms with Gasteiger partial charge in [0.2, 0.25) is 5.43 Å². The normalized spacial score (nSPS) is 18.8. The lowest BCUT2D eigenvalue weighted by Crippen LogP contribution is -2.29. The standard InChI is InChI=1S/C21H23F2N3O5/c1-30-20-17-13(19(27)14(21(28)29)9-26(17)12-2-3-12)6-15(22)18(20)25-4-5-31-10-11(8-25)16(23)7-24/h6,9,12H,2-5,7-8,10,24H2,1H3,(H,28,29). The highest BCUT2D eigenvalue weighted by Crippen LogP contribution is 2.44. The summed E-state index contributed by atoms with van der Waals surface area (Å²) in [4.78, 5) is 26.0. The molecule has 1 saturated heterocycles. The van der Waals surface area contributed by atoms with Gasteiger partial charge in [-0.1, -0.05) is 0 Å². The number of carbonyl (C=O) groups is 1. The number of carboxylic acids is 1. The van der Waals surface area contributed by atoms with Crippen molar-refractivity contribution in [3.63, 3.8) is 0 Å². The Morgan fingerprint density at radius 3 is 2.77 bits per heavy atom. The van der Waals surface area contributed by atoms with Gasteiger partial charge in [-0.2, -0.15) is 0 Å². The number of methoxy groups -OCH3 is 1. The van der Waals surface area contributed by atoms with Gasteiger partial charge in [-0.25, -0.2) is 13.6 Å². The van der Waals surface area contributed by atoms with Crippen molar-refractivity contribution in [2.75, 3.05) is 44.9 Å². The number of hydrogen-bond donors (Lipinski definition) is 2. The molecule has 10 heteroatoms. The Morgan fingerprint density at radius 1 is 1.42 bits per heavy atom. The summed E-state index contributed by atoms with van der Waals surface area (Å²) >= 11 is 0. The number of aromatic carboxylic acids is 1. The number of fused-ring (bicyclic) bond motifs is 1. The number of anilines is 1. The third kappa shape index (κ3) is 3.77. The fraction of sp³-hybridized carbons (Fsp3) is 0.429. The van der Waals surface area contributed by atoms with E-state index in [0.29, 0.717) is 11.1 Å². The number of halogens is 2. The van der Waals surface area contributed by atoms with Gasteiger partial charge in [0, 0.05) is 37.4 Å². The van der Waals surface area contributed by atoms with Crippen LogP contribution in [0.4, 0.5) is 14.5 Å². The first kappa shape index (κ1) is 21.3. The first-order chi connectivity index (χ1) is 14.9. The molecule has 0 radical (unpaired) electrons. The van der Waals surface area contributed by atoms with Crippen LogP contribution < -0.4 is 20.8 Å². The predicted molar refractivity (Wildman–Crippen MR) is 110 cm³/mol. The lowest BCUT2D eigenvalue weighted by molar-refractivity contribution is 0.0694. The van der Waals surface area contributed by atoms with Gasteiger partial charge in [-0.05, 0) is 18.9 Å². The molecule has 0 amide bonds. The van der Waals surface area contributed by atoms with Gasteiger partial charge >= 0.3 is 5.97 Å². The van der Waals surface area contributed by atoms with E-state index in [1.807, 2.05) is 0 Å². The van der Waals surface area contributed by atoms with Crippen molar-refractivity contribution in [3.05, 3.63) is 45.3 Å². The summed E-state index contributed by atoms with van der Waals surface area (Å²) in [5.74, 6) is -2.56. The van der Waals surface area contributed by atoms with Crippen molar-refractivity contribution in [2.45, 2.75) is 18.9 Å². The van der Waals surface area contributed by atoms with E-state index in [2.05, 4.69) is 0 Å². The molecule has 1 aromatic heterocycles. The van der Waals surface area contributed by atoms with E-state index in [0.717, 1.165) is 18.9 Å². The fourth-order valence-corrected chi connectivity index (χ4v) is 3.95.